The minimum atomic E-state index is -0.689. The predicted molar refractivity (Wildman–Crippen MR) is 70.3 cm³/mol. The van der Waals surface area contributed by atoms with E-state index in [1.807, 2.05) is 6.07 Å². The Morgan fingerprint density at radius 2 is 2.10 bits per heavy atom. The Hall–Kier alpha value is -2.55. The fourth-order valence-electron chi connectivity index (χ4n) is 2.08. The van der Waals surface area contributed by atoms with Crippen LogP contribution < -0.4 is 4.74 Å². The van der Waals surface area contributed by atoms with Gasteiger partial charge >= 0.3 is 5.95 Å². The summed E-state index contributed by atoms with van der Waals surface area (Å²) in [7, 11) is 0. The Kier molecular flexibility index (Phi) is 3.73. The zero-order valence-corrected chi connectivity index (χ0v) is 11.1. The van der Waals surface area contributed by atoms with Gasteiger partial charge in [-0.1, -0.05) is 12.1 Å². The lowest BCUT2D eigenvalue weighted by Crippen LogP contribution is -2.26. The van der Waals surface area contributed by atoms with Crippen LogP contribution in [0.3, 0.4) is 0 Å². The lowest BCUT2D eigenvalue weighted by atomic mass is 10.1. The maximum atomic E-state index is 10.6. The minimum Gasteiger partial charge on any atom is -0.488 e. The topological polar surface area (TPSA) is 105 Å². The molecule has 2 heterocycles. The van der Waals surface area contributed by atoms with E-state index in [1.165, 1.54) is 0 Å². The molecule has 110 valence electrons. The lowest BCUT2D eigenvalue weighted by molar-refractivity contribution is -0.394. The number of hydrogen-bond acceptors (Lipinski definition) is 7. The minimum absolute atomic E-state index is 0.0541. The quantitative estimate of drug-likeness (QED) is 0.614. The molecule has 0 bridgehead atoms. The predicted octanol–water partition coefficient (Wildman–Crippen LogP) is 1.13. The summed E-state index contributed by atoms with van der Waals surface area (Å²) in [5.41, 5.74) is 0.518. The zero-order chi connectivity index (χ0) is 14.7. The molecule has 1 aliphatic heterocycles. The molecule has 0 N–H and O–H groups in total. The van der Waals surface area contributed by atoms with E-state index in [1.54, 1.807) is 18.2 Å². The van der Waals surface area contributed by atoms with Crippen molar-refractivity contribution in [1.82, 2.24) is 20.2 Å². The molecule has 9 nitrogen and oxygen atoms in total. The lowest BCUT2D eigenvalue weighted by Gasteiger charge is -2.23. The third kappa shape index (κ3) is 2.97. The van der Waals surface area contributed by atoms with Crippen molar-refractivity contribution in [2.45, 2.75) is 18.9 Å². The summed E-state index contributed by atoms with van der Waals surface area (Å²) < 4.78 is 11.2. The van der Waals surface area contributed by atoms with E-state index in [-0.39, 0.29) is 6.10 Å². The number of benzene rings is 1. The van der Waals surface area contributed by atoms with Gasteiger partial charge in [0.25, 0.3) is 0 Å². The van der Waals surface area contributed by atoms with Crippen molar-refractivity contribution in [3.8, 4) is 11.4 Å². The average Bonchev–Trinajstić information content (AvgIpc) is 2.99. The van der Waals surface area contributed by atoms with Crippen LogP contribution in [0, 0.1) is 10.1 Å². The highest BCUT2D eigenvalue weighted by Crippen LogP contribution is 2.25. The number of hydrogen-bond donors (Lipinski definition) is 0. The van der Waals surface area contributed by atoms with Gasteiger partial charge in [0, 0.05) is 12.8 Å². The van der Waals surface area contributed by atoms with Crippen molar-refractivity contribution in [2.24, 2.45) is 0 Å². The standard InChI is InChI=1S/C12H13N5O4/c18-17(19)12-13-15-16(14-12)10-3-1-2-4-11(10)21-9-5-7-20-8-6-9/h1-4,9H,5-8H2. The first-order chi connectivity index (χ1) is 10.2. The second kappa shape index (κ2) is 5.83. The molecule has 0 amide bonds. The van der Waals surface area contributed by atoms with Crippen molar-refractivity contribution in [2.75, 3.05) is 13.2 Å². The highest BCUT2D eigenvalue weighted by atomic mass is 16.6. The first kappa shape index (κ1) is 13.4. The Balaban J connectivity index is 1.85. The number of aromatic nitrogens is 4. The van der Waals surface area contributed by atoms with Crippen molar-refractivity contribution >= 4 is 5.95 Å². The molecule has 1 fully saturated rings. The molecule has 21 heavy (non-hydrogen) atoms. The number of para-hydroxylation sites is 2. The van der Waals surface area contributed by atoms with Crippen LogP contribution >= 0.6 is 0 Å². The van der Waals surface area contributed by atoms with Gasteiger partial charge in [0.15, 0.2) is 0 Å². The molecular weight excluding hydrogens is 278 g/mol. The molecular formula is C12H13N5O4. The van der Waals surface area contributed by atoms with Gasteiger partial charge in [0.1, 0.15) is 17.5 Å². The summed E-state index contributed by atoms with van der Waals surface area (Å²) >= 11 is 0. The molecule has 0 radical (unpaired) electrons. The summed E-state index contributed by atoms with van der Waals surface area (Å²) in [6, 6.07) is 7.10. The van der Waals surface area contributed by atoms with Crippen LogP contribution in [0.2, 0.25) is 0 Å². The largest absolute Gasteiger partial charge is 0.515 e. The van der Waals surface area contributed by atoms with Gasteiger partial charge in [0.2, 0.25) is 0 Å². The zero-order valence-electron chi connectivity index (χ0n) is 11.1. The maximum absolute atomic E-state index is 10.6. The third-order valence-corrected chi connectivity index (χ3v) is 3.11. The Bertz CT molecular complexity index is 638. The first-order valence-corrected chi connectivity index (χ1v) is 6.52. The first-order valence-electron chi connectivity index (χ1n) is 6.52. The number of ether oxygens (including phenoxy) is 2. The molecule has 0 atom stereocenters. The van der Waals surface area contributed by atoms with Gasteiger partial charge in [-0.2, -0.15) is 0 Å². The fraction of sp³-hybridized carbons (Fsp3) is 0.417. The van der Waals surface area contributed by atoms with Crippen LogP contribution in [-0.2, 0) is 4.74 Å². The molecule has 1 aromatic heterocycles. The van der Waals surface area contributed by atoms with Crippen molar-refractivity contribution in [3.05, 3.63) is 34.4 Å². The molecule has 0 unspecified atom stereocenters. The Morgan fingerprint density at radius 1 is 1.33 bits per heavy atom. The molecule has 1 saturated heterocycles. The molecule has 1 aromatic carbocycles. The van der Waals surface area contributed by atoms with Crippen LogP contribution in [0.1, 0.15) is 12.8 Å². The second-order valence-corrected chi connectivity index (χ2v) is 4.53. The van der Waals surface area contributed by atoms with Crippen LogP contribution in [0.4, 0.5) is 5.95 Å². The average molecular weight is 291 g/mol. The highest BCUT2D eigenvalue weighted by molar-refractivity contribution is 5.45. The van der Waals surface area contributed by atoms with E-state index in [0.29, 0.717) is 24.7 Å². The number of rotatable bonds is 4. The van der Waals surface area contributed by atoms with Gasteiger partial charge in [-0.25, -0.2) is 0 Å². The summed E-state index contributed by atoms with van der Waals surface area (Å²) in [5, 5.41) is 21.4. The fourth-order valence-corrected chi connectivity index (χ4v) is 2.08. The van der Waals surface area contributed by atoms with Crippen molar-refractivity contribution < 1.29 is 14.4 Å². The van der Waals surface area contributed by atoms with Crippen LogP contribution in [0.15, 0.2) is 24.3 Å². The van der Waals surface area contributed by atoms with Crippen LogP contribution in [-0.4, -0.2) is 44.4 Å². The summed E-state index contributed by atoms with van der Waals surface area (Å²) in [6.45, 7) is 1.33. The van der Waals surface area contributed by atoms with E-state index in [2.05, 4.69) is 15.4 Å². The molecule has 9 heteroatoms. The number of nitrogens with zero attached hydrogens (tertiary/aromatic N) is 5. The van der Waals surface area contributed by atoms with E-state index >= 15 is 0 Å². The van der Waals surface area contributed by atoms with E-state index < -0.39 is 10.9 Å². The summed E-state index contributed by atoms with van der Waals surface area (Å²) in [5.74, 6) is 0.0209. The number of nitro groups is 1. The van der Waals surface area contributed by atoms with E-state index in [9.17, 15) is 10.1 Å². The van der Waals surface area contributed by atoms with Gasteiger partial charge in [0.05, 0.1) is 28.6 Å². The van der Waals surface area contributed by atoms with Gasteiger partial charge in [-0.05, 0) is 21.9 Å². The molecule has 1 aliphatic rings. The Labute approximate surface area is 119 Å². The third-order valence-electron chi connectivity index (χ3n) is 3.11. The SMILES string of the molecule is O=[N+]([O-])c1nnn(-c2ccccc2OC2CCOCC2)n1. The normalized spacial score (nSPS) is 15.8. The second-order valence-electron chi connectivity index (χ2n) is 4.53. The smallest absolute Gasteiger partial charge is 0.488 e. The van der Waals surface area contributed by atoms with Crippen molar-refractivity contribution in [3.63, 3.8) is 0 Å². The molecule has 3 rings (SSSR count). The van der Waals surface area contributed by atoms with Gasteiger partial charge < -0.3 is 19.6 Å². The highest BCUT2D eigenvalue weighted by Gasteiger charge is 2.21. The van der Waals surface area contributed by atoms with E-state index in [0.717, 1.165) is 17.6 Å². The van der Waals surface area contributed by atoms with Crippen LogP contribution in [0.25, 0.3) is 5.69 Å². The summed E-state index contributed by atoms with van der Waals surface area (Å²) in [6.07, 6.45) is 1.66. The monoisotopic (exact) mass is 291 g/mol. The van der Waals surface area contributed by atoms with Gasteiger partial charge in [-0.15, -0.1) is 0 Å². The van der Waals surface area contributed by atoms with Crippen LogP contribution in [0.5, 0.6) is 5.75 Å². The number of tetrazole rings is 1. The Morgan fingerprint density at radius 3 is 2.81 bits per heavy atom. The van der Waals surface area contributed by atoms with Gasteiger partial charge in [-0.3, -0.25) is 0 Å². The maximum Gasteiger partial charge on any atom is 0.515 e. The van der Waals surface area contributed by atoms with E-state index in [4.69, 9.17) is 9.47 Å². The molecule has 0 aliphatic carbocycles. The molecule has 0 spiro atoms. The van der Waals surface area contributed by atoms with Crippen molar-refractivity contribution in [1.29, 1.82) is 0 Å². The molecule has 0 saturated carbocycles. The summed E-state index contributed by atoms with van der Waals surface area (Å²) in [4.78, 5) is 11.0. The molecule has 2 aromatic rings.